The second-order valence-electron chi connectivity index (χ2n) is 7.75. The third-order valence-electron chi connectivity index (χ3n) is 5.23. The van der Waals surface area contributed by atoms with E-state index in [1.807, 2.05) is 46.9 Å². The standard InChI is InChI=1S/C22H21ClN8/c1-13(2)30-11-14(3)18(27-30)15-12-31-19(17(15)16-7-5-6-8-24-16)20(23)26-21(28-31)22-25-9-10-29(22)4/h5-13H,1-4H3. The van der Waals surface area contributed by atoms with E-state index < -0.39 is 0 Å². The van der Waals surface area contributed by atoms with Gasteiger partial charge in [-0.05, 0) is 38.5 Å². The Labute approximate surface area is 184 Å². The lowest BCUT2D eigenvalue weighted by Crippen LogP contribution is -2.02. The molecule has 0 aliphatic rings. The number of pyridine rings is 1. The maximum atomic E-state index is 6.72. The highest BCUT2D eigenvalue weighted by molar-refractivity contribution is 6.33. The number of nitrogens with zero attached hydrogens (tertiary/aromatic N) is 8. The lowest BCUT2D eigenvalue weighted by Gasteiger charge is -2.06. The number of hydrogen-bond acceptors (Lipinski definition) is 5. The summed E-state index contributed by atoms with van der Waals surface area (Å²) in [6, 6.07) is 6.04. The molecule has 0 fully saturated rings. The summed E-state index contributed by atoms with van der Waals surface area (Å²) in [6.45, 7) is 6.26. The summed E-state index contributed by atoms with van der Waals surface area (Å²) in [4.78, 5) is 13.5. The second-order valence-corrected chi connectivity index (χ2v) is 8.11. The Morgan fingerprint density at radius 1 is 1.03 bits per heavy atom. The van der Waals surface area contributed by atoms with Crippen LogP contribution >= 0.6 is 11.6 Å². The zero-order chi connectivity index (χ0) is 21.7. The van der Waals surface area contributed by atoms with E-state index in [-0.39, 0.29) is 6.04 Å². The molecule has 5 aromatic heterocycles. The van der Waals surface area contributed by atoms with Gasteiger partial charge in [-0.25, -0.2) is 14.5 Å². The van der Waals surface area contributed by atoms with Crippen molar-refractivity contribution in [2.75, 3.05) is 0 Å². The van der Waals surface area contributed by atoms with Crippen LogP contribution < -0.4 is 0 Å². The molecule has 0 spiro atoms. The lowest BCUT2D eigenvalue weighted by molar-refractivity contribution is 0.533. The van der Waals surface area contributed by atoms with Gasteiger partial charge in [0.15, 0.2) is 11.0 Å². The van der Waals surface area contributed by atoms with Crippen LogP contribution in [-0.4, -0.2) is 38.9 Å². The van der Waals surface area contributed by atoms with Crippen molar-refractivity contribution >= 4 is 17.1 Å². The van der Waals surface area contributed by atoms with Crippen LogP contribution in [0.4, 0.5) is 0 Å². The first-order chi connectivity index (χ1) is 14.9. The van der Waals surface area contributed by atoms with E-state index in [9.17, 15) is 0 Å². The molecule has 0 N–H and O–H groups in total. The predicted molar refractivity (Wildman–Crippen MR) is 120 cm³/mol. The van der Waals surface area contributed by atoms with E-state index in [1.165, 1.54) is 0 Å². The summed E-state index contributed by atoms with van der Waals surface area (Å²) in [5.41, 5.74) is 5.17. The van der Waals surface area contributed by atoms with Crippen LogP contribution in [-0.2, 0) is 7.05 Å². The Balaban J connectivity index is 1.82. The van der Waals surface area contributed by atoms with Crippen LogP contribution in [0.3, 0.4) is 0 Å². The third kappa shape index (κ3) is 3.19. The Hall–Kier alpha value is -3.52. The molecule has 8 nitrogen and oxygen atoms in total. The second kappa shape index (κ2) is 7.31. The third-order valence-corrected chi connectivity index (χ3v) is 5.49. The van der Waals surface area contributed by atoms with Crippen LogP contribution in [0, 0.1) is 6.92 Å². The summed E-state index contributed by atoms with van der Waals surface area (Å²) >= 11 is 6.72. The molecule has 0 bridgehead atoms. The van der Waals surface area contributed by atoms with Crippen molar-refractivity contribution in [3.63, 3.8) is 0 Å². The van der Waals surface area contributed by atoms with E-state index in [1.54, 1.807) is 16.9 Å². The molecule has 0 saturated heterocycles. The van der Waals surface area contributed by atoms with Gasteiger partial charge in [0.25, 0.3) is 0 Å². The molecule has 5 aromatic rings. The maximum absolute atomic E-state index is 6.72. The minimum absolute atomic E-state index is 0.251. The zero-order valence-electron chi connectivity index (χ0n) is 17.7. The van der Waals surface area contributed by atoms with Crippen molar-refractivity contribution in [1.82, 2.24) is 38.9 Å². The number of aryl methyl sites for hydroxylation is 2. The molecule has 31 heavy (non-hydrogen) atoms. The number of hydrogen-bond donors (Lipinski definition) is 0. The summed E-state index contributed by atoms with van der Waals surface area (Å²) in [5, 5.41) is 9.90. The molecule has 156 valence electrons. The number of fused-ring (bicyclic) bond motifs is 1. The molecule has 0 saturated carbocycles. The summed E-state index contributed by atoms with van der Waals surface area (Å²) in [5.74, 6) is 1.09. The van der Waals surface area contributed by atoms with Crippen molar-refractivity contribution in [2.45, 2.75) is 26.8 Å². The Bertz CT molecular complexity index is 1390. The predicted octanol–water partition coefficient (Wildman–Crippen LogP) is 4.60. The van der Waals surface area contributed by atoms with E-state index >= 15 is 0 Å². The largest absolute Gasteiger partial charge is 0.331 e. The van der Waals surface area contributed by atoms with Crippen molar-refractivity contribution < 1.29 is 0 Å². The zero-order valence-corrected chi connectivity index (χ0v) is 18.4. The van der Waals surface area contributed by atoms with Crippen molar-refractivity contribution in [3.05, 3.63) is 59.9 Å². The molecule has 0 atom stereocenters. The van der Waals surface area contributed by atoms with Crippen LogP contribution in [0.25, 0.3) is 39.7 Å². The SMILES string of the molecule is Cc1cn(C(C)C)nc1-c1cn2nc(-c3nccn3C)nc(Cl)c2c1-c1ccccn1. The maximum Gasteiger partial charge on any atom is 0.217 e. The Kier molecular flexibility index (Phi) is 4.59. The molecule has 0 aliphatic carbocycles. The number of halogens is 1. The Morgan fingerprint density at radius 2 is 1.87 bits per heavy atom. The first-order valence-electron chi connectivity index (χ1n) is 9.98. The average molecular weight is 433 g/mol. The van der Waals surface area contributed by atoms with E-state index in [0.29, 0.717) is 22.3 Å². The minimum atomic E-state index is 0.251. The number of aromatic nitrogens is 8. The van der Waals surface area contributed by atoms with Gasteiger partial charge in [-0.2, -0.15) is 5.10 Å². The van der Waals surface area contributed by atoms with Gasteiger partial charge in [-0.15, -0.1) is 5.10 Å². The smallest absolute Gasteiger partial charge is 0.217 e. The Morgan fingerprint density at radius 3 is 2.52 bits per heavy atom. The molecule has 9 heteroatoms. The minimum Gasteiger partial charge on any atom is -0.331 e. The highest BCUT2D eigenvalue weighted by Crippen LogP contribution is 2.39. The molecule has 0 unspecified atom stereocenters. The number of rotatable bonds is 4. The summed E-state index contributed by atoms with van der Waals surface area (Å²) in [7, 11) is 1.89. The van der Waals surface area contributed by atoms with Gasteiger partial charge in [-0.1, -0.05) is 17.7 Å². The normalized spacial score (nSPS) is 11.7. The van der Waals surface area contributed by atoms with Gasteiger partial charge in [0.1, 0.15) is 5.52 Å². The lowest BCUT2D eigenvalue weighted by atomic mass is 10.0. The van der Waals surface area contributed by atoms with Crippen LogP contribution in [0.15, 0.2) is 49.2 Å². The van der Waals surface area contributed by atoms with Gasteiger partial charge in [0, 0.05) is 55.2 Å². The molecule has 0 aliphatic heterocycles. The van der Waals surface area contributed by atoms with Crippen molar-refractivity contribution in [2.24, 2.45) is 7.05 Å². The summed E-state index contributed by atoms with van der Waals surface area (Å²) < 4.78 is 5.57. The fraction of sp³-hybridized carbons (Fsp3) is 0.227. The van der Waals surface area contributed by atoms with E-state index in [2.05, 4.69) is 41.9 Å². The molecule has 0 aromatic carbocycles. The molecular formula is C22H21ClN8. The fourth-order valence-electron chi connectivity index (χ4n) is 3.68. The highest BCUT2D eigenvalue weighted by Gasteiger charge is 2.24. The molecule has 5 heterocycles. The quantitative estimate of drug-likeness (QED) is 0.414. The first-order valence-corrected chi connectivity index (χ1v) is 10.4. The monoisotopic (exact) mass is 432 g/mol. The topological polar surface area (TPSA) is 78.7 Å². The first kappa shape index (κ1) is 19.4. The molecule has 5 rings (SSSR count). The van der Waals surface area contributed by atoms with Crippen molar-refractivity contribution in [3.8, 4) is 34.2 Å². The van der Waals surface area contributed by atoms with E-state index in [4.69, 9.17) is 21.8 Å². The van der Waals surface area contributed by atoms with Gasteiger partial charge in [0.2, 0.25) is 5.82 Å². The van der Waals surface area contributed by atoms with Gasteiger partial charge in [-0.3, -0.25) is 9.67 Å². The molecule has 0 radical (unpaired) electrons. The van der Waals surface area contributed by atoms with Gasteiger partial charge >= 0.3 is 0 Å². The number of imidazole rings is 1. The fourth-order valence-corrected chi connectivity index (χ4v) is 3.94. The van der Waals surface area contributed by atoms with Crippen molar-refractivity contribution in [1.29, 1.82) is 0 Å². The summed E-state index contributed by atoms with van der Waals surface area (Å²) in [6.07, 6.45) is 9.31. The van der Waals surface area contributed by atoms with Crippen LogP contribution in [0.1, 0.15) is 25.5 Å². The molecule has 0 amide bonds. The highest BCUT2D eigenvalue weighted by atomic mass is 35.5. The average Bonchev–Trinajstić information content (AvgIpc) is 3.44. The van der Waals surface area contributed by atoms with E-state index in [0.717, 1.165) is 28.1 Å². The van der Waals surface area contributed by atoms with Crippen LogP contribution in [0.2, 0.25) is 5.15 Å². The van der Waals surface area contributed by atoms with Crippen LogP contribution in [0.5, 0.6) is 0 Å². The van der Waals surface area contributed by atoms with Gasteiger partial charge in [0.05, 0.1) is 11.4 Å². The molecular weight excluding hydrogens is 412 g/mol. The van der Waals surface area contributed by atoms with Gasteiger partial charge < -0.3 is 4.57 Å².